The number of benzene rings is 1. The van der Waals surface area contributed by atoms with E-state index < -0.39 is 0 Å². The minimum atomic E-state index is 0.151. The molecule has 0 spiro atoms. The van der Waals surface area contributed by atoms with Gasteiger partial charge in [-0.15, -0.1) is 0 Å². The number of nitrogens with zero attached hydrogens (tertiary/aromatic N) is 1. The van der Waals surface area contributed by atoms with Crippen molar-refractivity contribution in [3.8, 4) is 0 Å². The van der Waals surface area contributed by atoms with Crippen LogP contribution in [0, 0.1) is 46.8 Å². The van der Waals surface area contributed by atoms with Crippen molar-refractivity contribution in [2.24, 2.45) is 52.7 Å². The molecule has 5 rings (SSSR count). The molecule has 31 heavy (non-hydrogen) atoms. The van der Waals surface area contributed by atoms with E-state index in [0.717, 1.165) is 47.6 Å². The normalized spacial score (nSPS) is 41.7. The molecule has 4 saturated carbocycles. The molecule has 0 aromatic heterocycles. The number of hydrazine groups is 1. The molecule has 1 aromatic carbocycles. The fourth-order valence-corrected chi connectivity index (χ4v) is 8.73. The molecule has 170 valence electrons. The first-order chi connectivity index (χ1) is 14.9. The second-order valence-corrected chi connectivity index (χ2v) is 11.7. The average Bonchev–Trinajstić information content (AvgIpc) is 3.11. The van der Waals surface area contributed by atoms with Crippen molar-refractivity contribution in [3.05, 3.63) is 24.3 Å². The van der Waals surface area contributed by atoms with Crippen molar-refractivity contribution in [2.75, 3.05) is 17.3 Å². The van der Waals surface area contributed by atoms with E-state index in [1.807, 2.05) is 24.3 Å². The van der Waals surface area contributed by atoms with Crippen LogP contribution in [0.25, 0.3) is 0 Å². The third kappa shape index (κ3) is 3.59. The maximum Gasteiger partial charge on any atom is 0.157 e. The standard InChI is InChI=1S/C27H41N3O/c1-17-7-9-19-18(15-17)8-10-21-20(19)13-14-27(2)22(21)11-12-23(27)26(31)16-30(29)25-6-4-3-5-24(25)28/h3-6,17-23H,7-16,28-29H2,1-2H3. The van der Waals surface area contributed by atoms with Crippen LogP contribution >= 0.6 is 0 Å². The Morgan fingerprint density at radius 2 is 1.81 bits per heavy atom. The second-order valence-electron chi connectivity index (χ2n) is 11.7. The van der Waals surface area contributed by atoms with Gasteiger partial charge in [0.2, 0.25) is 0 Å². The van der Waals surface area contributed by atoms with Gasteiger partial charge in [0.15, 0.2) is 5.78 Å². The van der Waals surface area contributed by atoms with Crippen molar-refractivity contribution in [2.45, 2.75) is 71.6 Å². The van der Waals surface area contributed by atoms with Crippen molar-refractivity contribution in [1.82, 2.24) is 0 Å². The van der Waals surface area contributed by atoms with E-state index in [4.69, 9.17) is 11.6 Å². The van der Waals surface area contributed by atoms with Gasteiger partial charge in [0.1, 0.15) is 0 Å². The first-order valence-corrected chi connectivity index (χ1v) is 12.8. The highest BCUT2D eigenvalue weighted by atomic mass is 16.1. The Balaban J connectivity index is 1.29. The van der Waals surface area contributed by atoms with Crippen molar-refractivity contribution >= 4 is 17.2 Å². The highest BCUT2D eigenvalue weighted by molar-refractivity contribution is 5.87. The molecule has 0 aliphatic heterocycles. The van der Waals surface area contributed by atoms with Gasteiger partial charge >= 0.3 is 0 Å². The zero-order valence-corrected chi connectivity index (χ0v) is 19.4. The molecular formula is C27H41N3O. The van der Waals surface area contributed by atoms with E-state index in [2.05, 4.69) is 13.8 Å². The number of nitrogens with two attached hydrogens (primary N) is 2. The quantitative estimate of drug-likeness (QED) is 0.385. The van der Waals surface area contributed by atoms with Crippen LogP contribution in [-0.2, 0) is 4.79 Å². The van der Waals surface area contributed by atoms with E-state index >= 15 is 0 Å². The van der Waals surface area contributed by atoms with E-state index in [-0.39, 0.29) is 17.9 Å². The molecule has 0 bridgehead atoms. The molecule has 0 heterocycles. The maximum atomic E-state index is 13.5. The minimum absolute atomic E-state index is 0.151. The molecule has 0 saturated heterocycles. The minimum Gasteiger partial charge on any atom is -0.397 e. The highest BCUT2D eigenvalue weighted by Crippen LogP contribution is 2.64. The maximum absolute atomic E-state index is 13.5. The molecule has 8 unspecified atom stereocenters. The zero-order valence-electron chi connectivity index (χ0n) is 19.4. The van der Waals surface area contributed by atoms with Gasteiger partial charge in [-0.2, -0.15) is 0 Å². The summed E-state index contributed by atoms with van der Waals surface area (Å²) >= 11 is 0. The van der Waals surface area contributed by atoms with Gasteiger partial charge in [-0.1, -0.05) is 32.4 Å². The number of rotatable bonds is 4. The highest BCUT2D eigenvalue weighted by Gasteiger charge is 2.58. The third-order valence-corrected chi connectivity index (χ3v) is 10.2. The molecule has 0 amide bonds. The largest absolute Gasteiger partial charge is 0.397 e. The van der Waals surface area contributed by atoms with Crippen LogP contribution in [0.2, 0.25) is 0 Å². The first kappa shape index (κ1) is 21.3. The molecule has 4 nitrogen and oxygen atoms in total. The molecular weight excluding hydrogens is 382 g/mol. The van der Waals surface area contributed by atoms with Gasteiger partial charge < -0.3 is 10.7 Å². The van der Waals surface area contributed by atoms with Crippen LogP contribution < -0.4 is 16.6 Å². The van der Waals surface area contributed by atoms with Crippen molar-refractivity contribution in [1.29, 1.82) is 0 Å². The summed E-state index contributed by atoms with van der Waals surface area (Å²) in [4.78, 5) is 13.5. The Labute approximate surface area is 188 Å². The Hall–Kier alpha value is -1.55. The van der Waals surface area contributed by atoms with Gasteiger partial charge in [-0.25, -0.2) is 5.84 Å². The van der Waals surface area contributed by atoms with Gasteiger partial charge in [-0.05, 0) is 104 Å². The van der Waals surface area contributed by atoms with Crippen LogP contribution in [0.5, 0.6) is 0 Å². The zero-order chi connectivity index (χ0) is 21.8. The fraction of sp³-hybridized carbons (Fsp3) is 0.741. The number of anilines is 2. The van der Waals surface area contributed by atoms with Crippen LogP contribution in [0.3, 0.4) is 0 Å². The monoisotopic (exact) mass is 423 g/mol. The molecule has 8 atom stereocenters. The number of para-hydroxylation sites is 2. The number of ketones is 1. The SMILES string of the molecule is CC1CCC2C(CCC3C2CCC2(C)C(C(=O)CN(N)c4ccccc4N)CCC32)C1. The number of Topliss-reactive ketones (excluding diaryl/α,β-unsaturated/α-hetero) is 1. The Morgan fingerprint density at radius 1 is 1.03 bits per heavy atom. The van der Waals surface area contributed by atoms with Gasteiger partial charge in [0.05, 0.1) is 17.9 Å². The summed E-state index contributed by atoms with van der Waals surface area (Å²) in [6.45, 7) is 5.16. The Morgan fingerprint density at radius 3 is 2.61 bits per heavy atom. The second kappa shape index (κ2) is 8.10. The topological polar surface area (TPSA) is 72.3 Å². The van der Waals surface area contributed by atoms with Crippen LogP contribution in [-0.4, -0.2) is 12.3 Å². The lowest BCUT2D eigenvalue weighted by Gasteiger charge is -2.56. The van der Waals surface area contributed by atoms with E-state index in [9.17, 15) is 4.79 Å². The first-order valence-electron chi connectivity index (χ1n) is 12.8. The van der Waals surface area contributed by atoms with E-state index in [1.54, 1.807) is 5.01 Å². The lowest BCUT2D eigenvalue weighted by Crippen LogP contribution is -2.50. The summed E-state index contributed by atoms with van der Waals surface area (Å²) in [5.41, 5.74) is 7.63. The lowest BCUT2D eigenvalue weighted by molar-refractivity contribution is -0.129. The third-order valence-electron chi connectivity index (χ3n) is 10.2. The van der Waals surface area contributed by atoms with Crippen LogP contribution in [0.4, 0.5) is 11.4 Å². The number of carbonyl (C=O) groups excluding carboxylic acids is 1. The van der Waals surface area contributed by atoms with Crippen LogP contribution in [0.15, 0.2) is 24.3 Å². The smallest absolute Gasteiger partial charge is 0.157 e. The number of fused-ring (bicyclic) bond motifs is 5. The molecule has 4 aliphatic rings. The average molecular weight is 424 g/mol. The summed E-state index contributed by atoms with van der Waals surface area (Å²) in [6.07, 6.45) is 12.1. The number of hydrogen-bond acceptors (Lipinski definition) is 4. The van der Waals surface area contributed by atoms with E-state index in [0.29, 0.717) is 11.5 Å². The van der Waals surface area contributed by atoms with Gasteiger partial charge in [0.25, 0.3) is 0 Å². The van der Waals surface area contributed by atoms with Crippen molar-refractivity contribution in [3.63, 3.8) is 0 Å². The fourth-order valence-electron chi connectivity index (χ4n) is 8.73. The molecule has 1 aromatic rings. The van der Waals surface area contributed by atoms with E-state index in [1.165, 1.54) is 51.4 Å². The summed E-state index contributed by atoms with van der Waals surface area (Å²) in [5.74, 6) is 12.1. The van der Waals surface area contributed by atoms with Crippen LogP contribution in [0.1, 0.15) is 71.6 Å². The summed E-state index contributed by atoms with van der Waals surface area (Å²) in [5, 5.41) is 1.56. The molecule has 4 N–H and O–H groups in total. The van der Waals surface area contributed by atoms with Gasteiger partial charge in [0, 0.05) is 5.92 Å². The summed E-state index contributed by atoms with van der Waals surface area (Å²) in [6, 6.07) is 7.57. The summed E-state index contributed by atoms with van der Waals surface area (Å²) < 4.78 is 0. The molecule has 4 aliphatic carbocycles. The summed E-state index contributed by atoms with van der Waals surface area (Å²) in [7, 11) is 0. The lowest BCUT2D eigenvalue weighted by atomic mass is 9.49. The molecule has 4 fully saturated rings. The Kier molecular flexibility index (Phi) is 5.57. The predicted octanol–water partition coefficient (Wildman–Crippen LogP) is 5.42. The number of carbonyl (C=O) groups is 1. The molecule has 4 heteroatoms. The number of hydrogen-bond donors (Lipinski definition) is 2. The Bertz CT molecular complexity index is 824. The van der Waals surface area contributed by atoms with Gasteiger partial charge in [-0.3, -0.25) is 4.79 Å². The predicted molar refractivity (Wildman–Crippen MR) is 127 cm³/mol. The number of nitrogen functional groups attached to an aromatic ring is 1. The molecule has 0 radical (unpaired) electrons. The van der Waals surface area contributed by atoms with Crippen molar-refractivity contribution < 1.29 is 4.79 Å².